The number of alkyl halides is 4. The van der Waals surface area contributed by atoms with E-state index in [-0.39, 0.29) is 0 Å². The van der Waals surface area contributed by atoms with Crippen LogP contribution in [0.1, 0.15) is 0 Å². The molecule has 1 nitrogen and oxygen atoms in total. The topological polar surface area (TPSA) is 9.23 Å². The minimum atomic E-state index is -2.24. The summed E-state index contributed by atoms with van der Waals surface area (Å²) in [6.45, 7) is 0. The lowest BCUT2D eigenvalue weighted by Gasteiger charge is -2.01. The second-order valence-corrected chi connectivity index (χ2v) is 6.49. The van der Waals surface area contributed by atoms with Gasteiger partial charge in [0.15, 0.2) is 0 Å². The lowest BCUT2D eigenvalue weighted by Crippen LogP contribution is -2.13. The molecule has 0 atom stereocenters. The molecule has 0 unspecified atom stereocenters. The second-order valence-electron chi connectivity index (χ2n) is 1.65. The molecule has 0 heterocycles. The number of rotatable bonds is 5. The zero-order valence-electron chi connectivity index (χ0n) is 5.20. The fourth-order valence-corrected chi connectivity index (χ4v) is 3.10. The minimum absolute atomic E-state index is 0.446. The predicted molar refractivity (Wildman–Crippen MR) is 44.5 cm³/mol. The smallest absolute Gasteiger partial charge is 0.241 e. The van der Waals surface area contributed by atoms with Crippen LogP contribution in [-0.2, 0) is 4.12 Å². The van der Waals surface area contributed by atoms with Gasteiger partial charge in [0, 0.05) is 0 Å². The highest BCUT2D eigenvalue weighted by Crippen LogP contribution is 2.06. The Kier molecular flexibility index (Phi) is 7.08. The molecule has 0 aliphatic carbocycles. The zero-order valence-corrected chi connectivity index (χ0v) is 9.54. The third kappa shape index (κ3) is 8.83. The van der Waals surface area contributed by atoms with Crippen LogP contribution in [0, 0.1) is 0 Å². The van der Waals surface area contributed by atoms with E-state index in [9.17, 15) is 8.78 Å². The maximum atomic E-state index is 11.5. The van der Waals surface area contributed by atoms with Crippen molar-refractivity contribution in [2.24, 2.45) is 0 Å². The molecule has 62 valence electrons. The summed E-state index contributed by atoms with van der Waals surface area (Å²) < 4.78 is 27.7. The van der Waals surface area contributed by atoms with Gasteiger partial charge in [0.1, 0.15) is 14.6 Å². The summed E-state index contributed by atoms with van der Waals surface area (Å²) >= 11 is 10.7. The van der Waals surface area contributed by atoms with Crippen LogP contribution in [0.15, 0.2) is 0 Å². The van der Waals surface area contributed by atoms with Crippen molar-refractivity contribution in [3.05, 3.63) is 0 Å². The van der Waals surface area contributed by atoms with Crippen molar-refractivity contribution in [2.75, 3.05) is 0 Å². The molecule has 0 aromatic rings. The van der Waals surface area contributed by atoms with Crippen molar-refractivity contribution >= 4 is 42.7 Å². The van der Waals surface area contributed by atoms with E-state index in [1.165, 1.54) is 0 Å². The lowest BCUT2D eigenvalue weighted by atomic mass is 10.9. The van der Waals surface area contributed by atoms with Crippen LogP contribution in [0.3, 0.4) is 0 Å². The molecule has 0 bridgehead atoms. The monoisotopic (exact) mass is 224 g/mol. The predicted octanol–water partition coefficient (Wildman–Crippen LogP) is 0.615. The third-order valence-corrected chi connectivity index (χ3v) is 5.06. The van der Waals surface area contributed by atoms with Gasteiger partial charge in [0.25, 0.3) is 0 Å². The van der Waals surface area contributed by atoms with Crippen LogP contribution in [0.4, 0.5) is 8.78 Å². The summed E-state index contributed by atoms with van der Waals surface area (Å²) in [4.78, 5) is -0.446. The Bertz CT molecular complexity index is 74.9. The largest absolute Gasteiger partial charge is 0.461 e. The Morgan fingerprint density at radius 3 is 2.40 bits per heavy atom. The molecule has 0 saturated carbocycles. The highest BCUT2D eigenvalue weighted by atomic mass is 35.5. The summed E-state index contributed by atoms with van der Waals surface area (Å²) in [6.07, 6.45) is 0. The first-order chi connectivity index (χ1) is 4.63. The van der Waals surface area contributed by atoms with Crippen molar-refractivity contribution in [1.82, 2.24) is 0 Å². The van der Waals surface area contributed by atoms with Crippen molar-refractivity contribution in [2.45, 2.75) is 16.9 Å². The summed E-state index contributed by atoms with van der Waals surface area (Å²) in [6, 6.07) is -1.68. The van der Waals surface area contributed by atoms with E-state index in [0.717, 1.165) is 0 Å². The minimum Gasteiger partial charge on any atom is -0.461 e. The van der Waals surface area contributed by atoms with Crippen LogP contribution >= 0.6 is 23.2 Å². The van der Waals surface area contributed by atoms with Crippen LogP contribution in [0.25, 0.3) is 0 Å². The molecule has 7 heteroatoms. The van der Waals surface area contributed by atoms with Gasteiger partial charge >= 0.3 is 0 Å². The van der Waals surface area contributed by atoms with E-state index >= 15 is 0 Å². The zero-order chi connectivity index (χ0) is 7.98. The Morgan fingerprint density at radius 2 is 2.00 bits per heavy atom. The molecule has 0 fully saturated rings. The molecule has 0 saturated heterocycles. The highest BCUT2D eigenvalue weighted by molar-refractivity contribution is 6.50. The lowest BCUT2D eigenvalue weighted by molar-refractivity contribution is 0.224. The van der Waals surface area contributed by atoms with Gasteiger partial charge in [0.05, 0.1) is 0 Å². The van der Waals surface area contributed by atoms with E-state index in [2.05, 4.69) is 0 Å². The molecule has 0 spiro atoms. The molecule has 0 N–H and O–H groups in total. The van der Waals surface area contributed by atoms with E-state index in [1.54, 1.807) is 0 Å². The average molecular weight is 225 g/mol. The number of hydrogen-bond donors (Lipinski definition) is 0. The first kappa shape index (κ1) is 10.8. The summed E-state index contributed by atoms with van der Waals surface area (Å²) in [5.74, 6) is 0. The SMILES string of the molecule is FC(F)[SiH2]O[SiH2]CC(Cl)Cl. The molecule has 0 aromatic carbocycles. The van der Waals surface area contributed by atoms with Crippen LogP contribution in [0.2, 0.25) is 6.04 Å². The summed E-state index contributed by atoms with van der Waals surface area (Å²) in [5, 5.41) is 0. The maximum Gasteiger partial charge on any atom is 0.241 e. The molecular formula is C3H8Cl2F2OSi2. The molecule has 0 amide bonds. The van der Waals surface area contributed by atoms with Gasteiger partial charge in [-0.05, 0) is 6.04 Å². The Morgan fingerprint density at radius 1 is 1.40 bits per heavy atom. The van der Waals surface area contributed by atoms with Crippen LogP contribution < -0.4 is 0 Å². The van der Waals surface area contributed by atoms with Gasteiger partial charge in [-0.3, -0.25) is 0 Å². The van der Waals surface area contributed by atoms with Gasteiger partial charge in [-0.2, -0.15) is 0 Å². The number of hydrogen-bond acceptors (Lipinski definition) is 1. The van der Waals surface area contributed by atoms with Crippen molar-refractivity contribution in [3.8, 4) is 0 Å². The van der Waals surface area contributed by atoms with Gasteiger partial charge in [0.2, 0.25) is 15.8 Å². The van der Waals surface area contributed by atoms with Gasteiger partial charge < -0.3 is 4.12 Å². The van der Waals surface area contributed by atoms with Crippen molar-refractivity contribution in [1.29, 1.82) is 0 Å². The van der Waals surface area contributed by atoms with E-state index in [4.69, 9.17) is 27.3 Å². The third-order valence-electron chi connectivity index (χ3n) is 0.724. The van der Waals surface area contributed by atoms with Gasteiger partial charge in [-0.1, -0.05) is 0 Å². The number of halogens is 4. The van der Waals surface area contributed by atoms with E-state index in [0.29, 0.717) is 6.04 Å². The van der Waals surface area contributed by atoms with E-state index in [1.807, 2.05) is 0 Å². The summed E-state index contributed by atoms with van der Waals surface area (Å²) in [7, 11) is -2.45. The quantitative estimate of drug-likeness (QED) is 0.378. The standard InChI is InChI=1S/C3H8Cl2F2OSi2/c4-2(5)1-9-8-10-3(6)7/h2-3H,1,9-10H2. The maximum absolute atomic E-state index is 11.5. The fourth-order valence-electron chi connectivity index (χ4n) is 0.345. The Labute approximate surface area is 72.9 Å². The van der Waals surface area contributed by atoms with Crippen LogP contribution in [-0.4, -0.2) is 30.4 Å². The fraction of sp³-hybridized carbons (Fsp3) is 1.00. The molecule has 0 aliphatic heterocycles. The van der Waals surface area contributed by atoms with Gasteiger partial charge in [-0.15, -0.1) is 23.2 Å². The highest BCUT2D eigenvalue weighted by Gasteiger charge is 2.04. The molecule has 0 aliphatic rings. The molecule has 0 radical (unpaired) electrons. The molecule has 10 heavy (non-hydrogen) atoms. The van der Waals surface area contributed by atoms with Crippen molar-refractivity contribution in [3.63, 3.8) is 0 Å². The second kappa shape index (κ2) is 6.54. The van der Waals surface area contributed by atoms with Crippen molar-refractivity contribution < 1.29 is 12.9 Å². The van der Waals surface area contributed by atoms with E-state index < -0.39 is 30.4 Å². The van der Waals surface area contributed by atoms with Gasteiger partial charge in [-0.25, -0.2) is 8.78 Å². The molecular weight excluding hydrogens is 217 g/mol. The normalized spacial score (nSPS) is 13.8. The first-order valence-corrected chi connectivity index (χ1v) is 6.61. The Hall–Kier alpha value is 0.834. The molecule has 0 rings (SSSR count). The Balaban J connectivity index is 2.91. The van der Waals surface area contributed by atoms with Crippen LogP contribution in [0.5, 0.6) is 0 Å². The molecule has 0 aromatic heterocycles. The average Bonchev–Trinajstić information content (AvgIpc) is 1.79. The first-order valence-electron chi connectivity index (χ1n) is 2.77. The summed E-state index contributed by atoms with van der Waals surface area (Å²) in [5.41, 5.74) is 0.